The molecule has 11 heteroatoms. The van der Waals surface area contributed by atoms with Gasteiger partial charge in [-0.05, 0) is 111 Å². The maximum absolute atomic E-state index is 13.3. The lowest BCUT2D eigenvalue weighted by atomic mass is 10.1. The SMILES string of the molecule is Cc1ccc(Cl)cc1N1C(=O)NC(=O)/C(=C\c2cc(Br)c(OCC(=O)Nc3cccc(C)c3C)c(Br)c2)C1=O. The van der Waals surface area contributed by atoms with E-state index in [1.165, 1.54) is 12.1 Å². The number of rotatable bonds is 6. The van der Waals surface area contributed by atoms with Gasteiger partial charge in [-0.1, -0.05) is 29.8 Å². The molecule has 1 saturated heterocycles. The highest BCUT2D eigenvalue weighted by Crippen LogP contribution is 2.36. The zero-order valence-corrected chi connectivity index (χ0v) is 25.0. The van der Waals surface area contributed by atoms with Crippen LogP contribution in [0.25, 0.3) is 6.08 Å². The molecule has 0 atom stereocenters. The van der Waals surface area contributed by atoms with Crippen LogP contribution in [0.15, 0.2) is 63.0 Å². The van der Waals surface area contributed by atoms with Crippen LogP contribution < -0.4 is 20.3 Å². The number of carbonyl (C=O) groups excluding carboxylic acids is 4. The summed E-state index contributed by atoms with van der Waals surface area (Å²) in [6.07, 6.45) is 1.36. The standard InChI is InChI=1S/C28H22Br2ClN3O5/c1-14-5-4-6-22(16(14)3)32-24(35)13-39-25-20(29)10-17(11-21(25)30)9-19-26(36)33-28(38)34(27(19)37)23-12-18(31)8-7-15(23)2/h4-12H,13H2,1-3H3,(H,32,35)(H,33,36,38)/b19-9+. The predicted molar refractivity (Wildman–Crippen MR) is 157 cm³/mol. The van der Waals surface area contributed by atoms with E-state index in [1.807, 2.05) is 32.0 Å². The minimum Gasteiger partial charge on any atom is -0.481 e. The molecule has 1 fully saturated rings. The van der Waals surface area contributed by atoms with Crippen LogP contribution >= 0.6 is 43.5 Å². The van der Waals surface area contributed by atoms with Gasteiger partial charge >= 0.3 is 6.03 Å². The van der Waals surface area contributed by atoms with Crippen molar-refractivity contribution < 1.29 is 23.9 Å². The Morgan fingerprint density at radius 2 is 1.72 bits per heavy atom. The lowest BCUT2D eigenvalue weighted by Gasteiger charge is -2.27. The molecule has 5 amide bonds. The van der Waals surface area contributed by atoms with Gasteiger partial charge in [-0.25, -0.2) is 9.69 Å². The molecule has 1 aliphatic heterocycles. The molecular formula is C28H22Br2ClN3O5. The van der Waals surface area contributed by atoms with Crippen LogP contribution in [0.3, 0.4) is 0 Å². The Hall–Kier alpha value is -3.47. The van der Waals surface area contributed by atoms with Crippen molar-refractivity contribution in [1.29, 1.82) is 0 Å². The monoisotopic (exact) mass is 673 g/mol. The van der Waals surface area contributed by atoms with Gasteiger partial charge in [0, 0.05) is 10.7 Å². The lowest BCUT2D eigenvalue weighted by molar-refractivity contribution is -0.122. The second kappa shape index (κ2) is 11.7. The first-order valence-electron chi connectivity index (χ1n) is 11.6. The third-order valence-corrected chi connectivity index (χ3v) is 7.48. The average Bonchev–Trinajstić information content (AvgIpc) is 2.86. The number of imide groups is 2. The van der Waals surface area contributed by atoms with Gasteiger partial charge < -0.3 is 10.1 Å². The van der Waals surface area contributed by atoms with E-state index in [0.29, 0.717) is 36.5 Å². The van der Waals surface area contributed by atoms with E-state index in [4.69, 9.17) is 16.3 Å². The zero-order valence-electron chi connectivity index (χ0n) is 21.0. The predicted octanol–water partition coefficient (Wildman–Crippen LogP) is 6.47. The number of halogens is 3. The molecule has 1 aliphatic rings. The molecule has 0 spiro atoms. The summed E-state index contributed by atoms with van der Waals surface area (Å²) in [6.45, 7) is 5.36. The summed E-state index contributed by atoms with van der Waals surface area (Å²) in [4.78, 5) is 51.8. The fourth-order valence-corrected chi connectivity index (χ4v) is 5.49. The van der Waals surface area contributed by atoms with Gasteiger partial charge in [-0.3, -0.25) is 19.7 Å². The number of carbonyl (C=O) groups is 4. The molecule has 200 valence electrons. The molecule has 0 aliphatic carbocycles. The first-order valence-corrected chi connectivity index (χ1v) is 13.6. The number of benzene rings is 3. The molecule has 3 aromatic carbocycles. The maximum Gasteiger partial charge on any atom is 0.335 e. The molecule has 4 rings (SSSR count). The fraction of sp³-hybridized carbons (Fsp3) is 0.143. The van der Waals surface area contributed by atoms with Crippen LogP contribution in [0.1, 0.15) is 22.3 Å². The Morgan fingerprint density at radius 1 is 1.03 bits per heavy atom. The van der Waals surface area contributed by atoms with E-state index in [9.17, 15) is 19.2 Å². The average molecular weight is 676 g/mol. The second-order valence-corrected chi connectivity index (χ2v) is 10.9. The molecule has 0 unspecified atom stereocenters. The summed E-state index contributed by atoms with van der Waals surface area (Å²) < 4.78 is 6.69. The summed E-state index contributed by atoms with van der Waals surface area (Å²) in [5.74, 6) is -1.58. The number of nitrogens with one attached hydrogen (secondary N) is 2. The first kappa shape index (κ1) is 28.5. The Bertz CT molecular complexity index is 1550. The topological polar surface area (TPSA) is 105 Å². The summed E-state index contributed by atoms with van der Waals surface area (Å²) in [5, 5.41) is 5.37. The van der Waals surface area contributed by atoms with Gasteiger partial charge in [-0.2, -0.15) is 0 Å². The number of hydrogen-bond donors (Lipinski definition) is 2. The van der Waals surface area contributed by atoms with Gasteiger partial charge in [0.2, 0.25) is 0 Å². The van der Waals surface area contributed by atoms with Gasteiger partial charge in [0.1, 0.15) is 11.3 Å². The Balaban J connectivity index is 1.55. The van der Waals surface area contributed by atoms with Crippen molar-refractivity contribution in [1.82, 2.24) is 5.32 Å². The Kier molecular flexibility index (Phi) is 8.58. The molecule has 0 saturated carbocycles. The van der Waals surface area contributed by atoms with Crippen molar-refractivity contribution in [2.75, 3.05) is 16.8 Å². The van der Waals surface area contributed by atoms with Crippen molar-refractivity contribution >= 4 is 84.7 Å². The highest BCUT2D eigenvalue weighted by atomic mass is 79.9. The zero-order chi connectivity index (χ0) is 28.4. The third kappa shape index (κ3) is 6.24. The van der Waals surface area contributed by atoms with Crippen molar-refractivity contribution in [3.8, 4) is 5.75 Å². The minimum absolute atomic E-state index is 0.241. The van der Waals surface area contributed by atoms with Crippen molar-refractivity contribution in [2.45, 2.75) is 20.8 Å². The summed E-state index contributed by atoms with van der Waals surface area (Å²) >= 11 is 12.9. The number of nitrogens with zero attached hydrogens (tertiary/aromatic N) is 1. The Labute approximate surface area is 246 Å². The van der Waals surface area contributed by atoms with Crippen LogP contribution in [0.5, 0.6) is 5.75 Å². The smallest absolute Gasteiger partial charge is 0.335 e. The second-order valence-electron chi connectivity index (χ2n) is 8.79. The molecule has 3 aromatic rings. The van der Waals surface area contributed by atoms with E-state index in [-0.39, 0.29) is 23.8 Å². The van der Waals surface area contributed by atoms with E-state index in [0.717, 1.165) is 16.0 Å². The molecule has 39 heavy (non-hydrogen) atoms. The van der Waals surface area contributed by atoms with E-state index in [1.54, 1.807) is 31.2 Å². The van der Waals surface area contributed by atoms with Crippen LogP contribution in [-0.2, 0) is 14.4 Å². The van der Waals surface area contributed by atoms with Crippen LogP contribution in [0.2, 0.25) is 5.02 Å². The number of ether oxygens (including phenoxy) is 1. The van der Waals surface area contributed by atoms with Gasteiger partial charge in [0.05, 0.1) is 14.6 Å². The van der Waals surface area contributed by atoms with Crippen molar-refractivity contribution in [3.05, 3.63) is 90.3 Å². The number of urea groups is 1. The lowest BCUT2D eigenvalue weighted by Crippen LogP contribution is -2.54. The minimum atomic E-state index is -0.863. The van der Waals surface area contributed by atoms with Crippen LogP contribution in [0, 0.1) is 20.8 Å². The molecule has 0 aromatic heterocycles. The van der Waals surface area contributed by atoms with E-state index >= 15 is 0 Å². The highest BCUT2D eigenvalue weighted by Gasteiger charge is 2.37. The van der Waals surface area contributed by atoms with Crippen LogP contribution in [-0.4, -0.2) is 30.4 Å². The number of aryl methyl sites for hydroxylation is 2. The fourth-order valence-electron chi connectivity index (χ4n) is 3.88. The first-order chi connectivity index (χ1) is 18.5. The number of amides is 5. The molecular weight excluding hydrogens is 654 g/mol. The van der Waals surface area contributed by atoms with E-state index in [2.05, 4.69) is 42.5 Å². The largest absolute Gasteiger partial charge is 0.481 e. The molecule has 2 N–H and O–H groups in total. The molecule has 0 radical (unpaired) electrons. The maximum atomic E-state index is 13.3. The molecule has 8 nitrogen and oxygen atoms in total. The number of hydrogen-bond acceptors (Lipinski definition) is 5. The van der Waals surface area contributed by atoms with E-state index < -0.39 is 17.8 Å². The Morgan fingerprint density at radius 3 is 2.41 bits per heavy atom. The summed E-state index contributed by atoms with van der Waals surface area (Å²) in [5.41, 5.74) is 3.87. The summed E-state index contributed by atoms with van der Waals surface area (Å²) in [7, 11) is 0. The molecule has 0 bridgehead atoms. The van der Waals surface area contributed by atoms with Gasteiger partial charge in [-0.15, -0.1) is 0 Å². The van der Waals surface area contributed by atoms with Gasteiger partial charge in [0.15, 0.2) is 6.61 Å². The number of barbiturate groups is 1. The van der Waals surface area contributed by atoms with Crippen LogP contribution in [0.4, 0.5) is 16.2 Å². The normalized spacial score (nSPS) is 14.5. The molecule has 1 heterocycles. The van der Waals surface area contributed by atoms with Crippen molar-refractivity contribution in [3.63, 3.8) is 0 Å². The summed E-state index contributed by atoms with van der Waals surface area (Å²) in [6, 6.07) is 12.8. The third-order valence-electron chi connectivity index (χ3n) is 6.07. The van der Waals surface area contributed by atoms with Crippen molar-refractivity contribution in [2.24, 2.45) is 0 Å². The quantitative estimate of drug-likeness (QED) is 0.230. The van der Waals surface area contributed by atoms with Gasteiger partial charge in [0.25, 0.3) is 17.7 Å². The number of anilines is 2. The highest BCUT2D eigenvalue weighted by molar-refractivity contribution is 9.11.